The fraction of sp³-hybridized carbons (Fsp3) is 0.500. The number of benzene rings is 1. The van der Waals surface area contributed by atoms with Gasteiger partial charge in [0.2, 0.25) is 0 Å². The molecule has 0 fully saturated rings. The van der Waals surface area contributed by atoms with Crippen LogP contribution in [0, 0.1) is 5.82 Å². The molecule has 0 radical (unpaired) electrons. The first kappa shape index (κ1) is 23.6. The zero-order chi connectivity index (χ0) is 17.8. The van der Waals surface area contributed by atoms with Crippen LogP contribution in [-0.2, 0) is 0 Å². The lowest BCUT2D eigenvalue weighted by molar-refractivity contribution is 0.114. The molecule has 0 aliphatic heterocycles. The Morgan fingerprint density at radius 1 is 1.44 bits per heavy atom. The molecule has 0 saturated heterocycles. The van der Waals surface area contributed by atoms with Gasteiger partial charge >= 0.3 is 0 Å². The molecule has 0 bridgehead atoms. The van der Waals surface area contributed by atoms with Crippen molar-refractivity contribution < 1.29 is 14.2 Å². The van der Waals surface area contributed by atoms with Gasteiger partial charge in [0.15, 0.2) is 5.96 Å². The monoisotopic (exact) mass is 465 g/mol. The molecule has 0 spiro atoms. The first-order valence-corrected chi connectivity index (χ1v) is 8.23. The summed E-state index contributed by atoms with van der Waals surface area (Å²) in [4.78, 5) is 6.46. The number of nitrogens with zero attached hydrogens (tertiary/aromatic N) is 2. The van der Waals surface area contributed by atoms with E-state index in [0.29, 0.717) is 5.75 Å². The molecule has 2 N–H and O–H groups in total. The van der Waals surface area contributed by atoms with E-state index in [1.807, 2.05) is 24.9 Å². The molecule has 0 aliphatic carbocycles. The van der Waals surface area contributed by atoms with E-state index in [9.17, 15) is 9.50 Å². The van der Waals surface area contributed by atoms with Gasteiger partial charge in [-0.1, -0.05) is 6.08 Å². The molecule has 1 aromatic carbocycles. The van der Waals surface area contributed by atoms with E-state index in [0.717, 1.165) is 31.9 Å². The zero-order valence-corrected chi connectivity index (χ0v) is 17.3. The van der Waals surface area contributed by atoms with Gasteiger partial charge in [-0.05, 0) is 44.0 Å². The first-order valence-electron chi connectivity index (χ1n) is 8.23. The maximum absolute atomic E-state index is 12.8. The van der Waals surface area contributed by atoms with Gasteiger partial charge in [0.05, 0.1) is 6.54 Å². The molecule has 5 nitrogen and oxygen atoms in total. The predicted molar refractivity (Wildman–Crippen MR) is 111 cm³/mol. The number of guanidine groups is 1. The van der Waals surface area contributed by atoms with Crippen LogP contribution >= 0.6 is 24.0 Å². The van der Waals surface area contributed by atoms with Gasteiger partial charge < -0.3 is 20.1 Å². The van der Waals surface area contributed by atoms with Gasteiger partial charge in [0, 0.05) is 20.1 Å². The van der Waals surface area contributed by atoms with Crippen molar-refractivity contribution in [3.05, 3.63) is 42.7 Å². The Morgan fingerprint density at radius 2 is 2.12 bits per heavy atom. The van der Waals surface area contributed by atoms with Gasteiger partial charge in [-0.3, -0.25) is 4.99 Å². The van der Waals surface area contributed by atoms with E-state index >= 15 is 0 Å². The molecular formula is C18H29FIN3O2. The van der Waals surface area contributed by atoms with Gasteiger partial charge in [0.1, 0.15) is 24.3 Å². The first-order chi connectivity index (χ1) is 11.6. The molecule has 1 aromatic rings. The second-order valence-electron chi connectivity index (χ2n) is 5.47. The van der Waals surface area contributed by atoms with Gasteiger partial charge in [0.25, 0.3) is 0 Å². The average Bonchev–Trinajstić information content (AvgIpc) is 2.58. The highest BCUT2D eigenvalue weighted by Gasteiger charge is 2.08. The van der Waals surface area contributed by atoms with E-state index in [-0.39, 0.29) is 42.9 Å². The number of rotatable bonds is 10. The molecule has 1 unspecified atom stereocenters. The molecule has 0 aromatic heterocycles. The molecule has 142 valence electrons. The van der Waals surface area contributed by atoms with Crippen LogP contribution in [-0.4, -0.2) is 55.4 Å². The minimum absolute atomic E-state index is 0. The summed E-state index contributed by atoms with van der Waals surface area (Å²) in [6.45, 7) is 7.67. The number of unbranched alkanes of at least 4 members (excludes halogenated alkanes) is 1. The molecule has 1 rings (SSSR count). The third-order valence-electron chi connectivity index (χ3n) is 3.31. The summed E-state index contributed by atoms with van der Waals surface area (Å²) in [7, 11) is 1.96. The fourth-order valence-corrected chi connectivity index (χ4v) is 2.02. The Bertz CT molecular complexity index is 512. The summed E-state index contributed by atoms with van der Waals surface area (Å²) in [6, 6.07) is 5.70. The SMILES string of the molecule is C=CCCCN(C)C(=NCC(O)COc1ccc(F)cc1)NCC.I. The summed E-state index contributed by atoms with van der Waals surface area (Å²) in [6.07, 6.45) is 3.12. The van der Waals surface area contributed by atoms with Crippen molar-refractivity contribution in [2.75, 3.05) is 33.3 Å². The molecule has 0 aliphatic rings. The largest absolute Gasteiger partial charge is 0.491 e. The molecule has 25 heavy (non-hydrogen) atoms. The number of nitrogens with one attached hydrogen (secondary N) is 1. The summed E-state index contributed by atoms with van der Waals surface area (Å²) in [5.41, 5.74) is 0. The van der Waals surface area contributed by atoms with Crippen molar-refractivity contribution in [3.8, 4) is 5.75 Å². The van der Waals surface area contributed by atoms with E-state index in [1.165, 1.54) is 24.3 Å². The van der Waals surface area contributed by atoms with Crippen molar-refractivity contribution >= 4 is 29.9 Å². The fourth-order valence-electron chi connectivity index (χ4n) is 2.02. The van der Waals surface area contributed by atoms with E-state index in [4.69, 9.17) is 4.74 Å². The second kappa shape index (κ2) is 13.9. The second-order valence-corrected chi connectivity index (χ2v) is 5.47. The van der Waals surface area contributed by atoms with E-state index in [2.05, 4.69) is 16.9 Å². The topological polar surface area (TPSA) is 57.1 Å². The normalized spacial score (nSPS) is 12.1. The van der Waals surface area contributed by atoms with Crippen LogP contribution in [0.3, 0.4) is 0 Å². The van der Waals surface area contributed by atoms with Crippen molar-refractivity contribution in [3.63, 3.8) is 0 Å². The smallest absolute Gasteiger partial charge is 0.193 e. The standard InChI is InChI=1S/C18H28FN3O2.HI/c1-4-6-7-12-22(3)18(20-5-2)21-13-16(23)14-24-17-10-8-15(19)9-11-17;/h4,8-11,16,23H,1,5-7,12-14H2,2-3H3,(H,20,21);1H. The number of allylic oxidation sites excluding steroid dienone is 1. The Morgan fingerprint density at radius 3 is 2.72 bits per heavy atom. The Hall–Kier alpha value is -1.35. The van der Waals surface area contributed by atoms with Crippen LogP contribution in [0.2, 0.25) is 0 Å². The predicted octanol–water partition coefficient (Wildman–Crippen LogP) is 3.05. The van der Waals surface area contributed by atoms with Crippen LogP contribution in [0.25, 0.3) is 0 Å². The third kappa shape index (κ3) is 10.3. The molecule has 7 heteroatoms. The van der Waals surface area contributed by atoms with Crippen LogP contribution in [0.4, 0.5) is 4.39 Å². The summed E-state index contributed by atoms with van der Waals surface area (Å²) in [5, 5.41) is 13.2. The van der Waals surface area contributed by atoms with Crippen molar-refractivity contribution in [1.82, 2.24) is 10.2 Å². The minimum Gasteiger partial charge on any atom is -0.491 e. The number of aliphatic hydroxyl groups is 1. The summed E-state index contributed by atoms with van der Waals surface area (Å²) >= 11 is 0. The number of hydrogen-bond acceptors (Lipinski definition) is 3. The minimum atomic E-state index is -0.731. The molecule has 0 saturated carbocycles. The number of halogens is 2. The molecule has 0 heterocycles. The van der Waals surface area contributed by atoms with E-state index < -0.39 is 6.10 Å². The molecule has 1 atom stereocenters. The molecule has 0 amide bonds. The lowest BCUT2D eigenvalue weighted by Gasteiger charge is -2.22. The summed E-state index contributed by atoms with van der Waals surface area (Å²) in [5.74, 6) is 0.956. The highest BCUT2D eigenvalue weighted by molar-refractivity contribution is 14.0. The highest BCUT2D eigenvalue weighted by Crippen LogP contribution is 2.11. The maximum atomic E-state index is 12.8. The number of aliphatic imine (C=N–C) groups is 1. The Kier molecular flexibility index (Phi) is 13.1. The quantitative estimate of drug-likeness (QED) is 0.183. The number of ether oxygens (including phenoxy) is 1. The Labute approximate surface area is 167 Å². The number of hydrogen-bond donors (Lipinski definition) is 2. The van der Waals surface area contributed by atoms with Crippen LogP contribution < -0.4 is 10.1 Å². The van der Waals surface area contributed by atoms with E-state index in [1.54, 1.807) is 0 Å². The van der Waals surface area contributed by atoms with Crippen molar-refractivity contribution in [2.45, 2.75) is 25.9 Å². The van der Waals surface area contributed by atoms with Gasteiger partial charge in [-0.15, -0.1) is 30.6 Å². The lowest BCUT2D eigenvalue weighted by atomic mass is 10.3. The maximum Gasteiger partial charge on any atom is 0.193 e. The van der Waals surface area contributed by atoms with Crippen LogP contribution in [0.15, 0.2) is 41.9 Å². The average molecular weight is 465 g/mol. The third-order valence-corrected chi connectivity index (χ3v) is 3.31. The van der Waals surface area contributed by atoms with Crippen molar-refractivity contribution in [1.29, 1.82) is 0 Å². The van der Waals surface area contributed by atoms with Gasteiger partial charge in [-0.25, -0.2) is 4.39 Å². The lowest BCUT2D eigenvalue weighted by Crippen LogP contribution is -2.40. The van der Waals surface area contributed by atoms with Gasteiger partial charge in [-0.2, -0.15) is 0 Å². The summed E-state index contributed by atoms with van der Waals surface area (Å²) < 4.78 is 18.2. The Balaban J connectivity index is 0.00000576. The van der Waals surface area contributed by atoms with Crippen molar-refractivity contribution in [2.24, 2.45) is 4.99 Å². The van der Waals surface area contributed by atoms with Crippen LogP contribution in [0.5, 0.6) is 5.75 Å². The van der Waals surface area contributed by atoms with Crippen LogP contribution in [0.1, 0.15) is 19.8 Å². The molecular weight excluding hydrogens is 436 g/mol. The number of aliphatic hydroxyl groups excluding tert-OH is 1. The highest BCUT2D eigenvalue weighted by atomic mass is 127. The zero-order valence-electron chi connectivity index (χ0n) is 14.9.